The Morgan fingerprint density at radius 2 is 1.29 bits per heavy atom. The first-order valence-corrected chi connectivity index (χ1v) is 4.82. The lowest BCUT2D eigenvalue weighted by molar-refractivity contribution is 0.942. The molecular weight excluding hydrogens is 172 g/mol. The van der Waals surface area contributed by atoms with Crippen LogP contribution >= 0.6 is 0 Å². The third-order valence-electron chi connectivity index (χ3n) is 2.61. The minimum atomic E-state index is 0.990. The molecule has 0 fully saturated rings. The lowest BCUT2D eigenvalue weighted by Crippen LogP contribution is -1.99. The minimum Gasteiger partial charge on any atom is -0.255 e. The highest BCUT2D eigenvalue weighted by molar-refractivity contribution is 5.56. The van der Waals surface area contributed by atoms with Crippen molar-refractivity contribution in [1.82, 2.24) is 9.97 Å². The molecule has 0 aliphatic heterocycles. The molecule has 68 valence electrons. The monoisotopic (exact) mass is 182 g/mol. The van der Waals surface area contributed by atoms with Crippen LogP contribution in [0.5, 0.6) is 0 Å². The fourth-order valence-electron chi connectivity index (χ4n) is 1.83. The molecule has 2 aromatic rings. The van der Waals surface area contributed by atoms with E-state index in [-0.39, 0.29) is 0 Å². The standard InChI is InChI=1S/C12H10N2/c1-2-10-4-6-14-12(8-10)11-7-9(1)3-5-13-11/h3-8H,1-2H2. The Hall–Kier alpha value is -1.70. The second-order valence-corrected chi connectivity index (χ2v) is 3.60. The van der Waals surface area contributed by atoms with Gasteiger partial charge in [-0.15, -0.1) is 0 Å². The van der Waals surface area contributed by atoms with Gasteiger partial charge in [0.15, 0.2) is 0 Å². The van der Waals surface area contributed by atoms with Crippen molar-refractivity contribution in [3.8, 4) is 11.4 Å². The molecule has 2 nitrogen and oxygen atoms in total. The summed E-state index contributed by atoms with van der Waals surface area (Å²) in [6, 6.07) is 8.42. The van der Waals surface area contributed by atoms with Crippen LogP contribution in [0, 0.1) is 0 Å². The van der Waals surface area contributed by atoms with Crippen LogP contribution in [0.4, 0.5) is 0 Å². The molecule has 3 rings (SSSR count). The predicted octanol–water partition coefficient (Wildman–Crippen LogP) is 2.24. The summed E-state index contributed by atoms with van der Waals surface area (Å²) in [5.41, 5.74) is 4.68. The quantitative estimate of drug-likeness (QED) is 0.624. The second kappa shape index (κ2) is 2.91. The normalized spacial score (nSPS) is 13.1. The zero-order valence-corrected chi connectivity index (χ0v) is 7.77. The SMILES string of the molecule is c1cc2cc(n1)-c1cc(ccn1)CC2. The van der Waals surface area contributed by atoms with Crippen molar-refractivity contribution in [2.45, 2.75) is 12.8 Å². The summed E-state index contributed by atoms with van der Waals surface area (Å²) in [5, 5.41) is 0. The first-order valence-electron chi connectivity index (χ1n) is 4.82. The summed E-state index contributed by atoms with van der Waals surface area (Å²) in [5.74, 6) is 0. The second-order valence-electron chi connectivity index (χ2n) is 3.60. The van der Waals surface area contributed by atoms with Gasteiger partial charge >= 0.3 is 0 Å². The molecule has 0 unspecified atom stereocenters. The molecule has 0 amide bonds. The van der Waals surface area contributed by atoms with Crippen molar-refractivity contribution in [2.24, 2.45) is 0 Å². The zero-order chi connectivity index (χ0) is 9.38. The Balaban J connectivity index is 2.27. The first kappa shape index (κ1) is 7.68. The predicted molar refractivity (Wildman–Crippen MR) is 54.9 cm³/mol. The van der Waals surface area contributed by atoms with Crippen molar-refractivity contribution in [3.63, 3.8) is 0 Å². The van der Waals surface area contributed by atoms with Gasteiger partial charge in [0.25, 0.3) is 0 Å². The van der Waals surface area contributed by atoms with Crippen LogP contribution in [-0.4, -0.2) is 9.97 Å². The van der Waals surface area contributed by atoms with Crippen molar-refractivity contribution in [3.05, 3.63) is 47.8 Å². The van der Waals surface area contributed by atoms with Gasteiger partial charge in [0, 0.05) is 12.4 Å². The van der Waals surface area contributed by atoms with Crippen molar-refractivity contribution in [1.29, 1.82) is 0 Å². The highest BCUT2D eigenvalue weighted by Crippen LogP contribution is 2.20. The van der Waals surface area contributed by atoms with Gasteiger partial charge in [-0.2, -0.15) is 0 Å². The van der Waals surface area contributed by atoms with E-state index < -0.39 is 0 Å². The maximum absolute atomic E-state index is 4.32. The third kappa shape index (κ3) is 1.20. The van der Waals surface area contributed by atoms with Crippen molar-refractivity contribution in [2.75, 3.05) is 0 Å². The number of hydrogen-bond acceptors (Lipinski definition) is 2. The smallest absolute Gasteiger partial charge is 0.0888 e. The van der Waals surface area contributed by atoms with E-state index >= 15 is 0 Å². The maximum atomic E-state index is 4.32. The third-order valence-corrected chi connectivity index (χ3v) is 2.61. The fourth-order valence-corrected chi connectivity index (χ4v) is 1.83. The average Bonchev–Trinajstić information content (AvgIpc) is 2.26. The summed E-state index contributed by atoms with van der Waals surface area (Å²) in [7, 11) is 0. The lowest BCUT2D eigenvalue weighted by Gasteiger charge is -2.09. The van der Waals surface area contributed by atoms with Gasteiger partial charge in [-0.05, 0) is 48.2 Å². The van der Waals surface area contributed by atoms with Gasteiger partial charge in [0.1, 0.15) is 0 Å². The van der Waals surface area contributed by atoms with Crippen LogP contribution in [0.1, 0.15) is 11.1 Å². The van der Waals surface area contributed by atoms with Gasteiger partial charge in [0.2, 0.25) is 0 Å². The molecule has 0 saturated heterocycles. The maximum Gasteiger partial charge on any atom is 0.0888 e. The molecular formula is C12H10N2. The molecule has 14 heavy (non-hydrogen) atoms. The minimum absolute atomic E-state index is 0.990. The van der Waals surface area contributed by atoms with E-state index in [1.54, 1.807) is 0 Å². The molecule has 1 aliphatic rings. The number of aryl methyl sites for hydroxylation is 2. The molecule has 2 aromatic heterocycles. The molecule has 0 spiro atoms. The first-order chi connectivity index (χ1) is 6.92. The van der Waals surface area contributed by atoms with Crippen molar-refractivity contribution < 1.29 is 0 Å². The summed E-state index contributed by atoms with van der Waals surface area (Å²) >= 11 is 0. The van der Waals surface area contributed by atoms with Crippen LogP contribution in [0.3, 0.4) is 0 Å². The zero-order valence-electron chi connectivity index (χ0n) is 7.77. The van der Waals surface area contributed by atoms with Gasteiger partial charge in [-0.3, -0.25) is 9.97 Å². The Morgan fingerprint density at radius 1 is 0.786 bits per heavy atom. The number of hydrogen-bond donors (Lipinski definition) is 0. The molecule has 0 saturated carbocycles. The van der Waals surface area contributed by atoms with Crippen LogP contribution in [0.2, 0.25) is 0 Å². The molecule has 0 atom stereocenters. The summed E-state index contributed by atoms with van der Waals surface area (Å²) in [6.07, 6.45) is 5.92. The van der Waals surface area contributed by atoms with E-state index in [1.165, 1.54) is 11.1 Å². The van der Waals surface area contributed by atoms with Gasteiger partial charge in [-0.1, -0.05) is 0 Å². The van der Waals surface area contributed by atoms with Gasteiger partial charge < -0.3 is 0 Å². The number of fused-ring (bicyclic) bond motifs is 5. The van der Waals surface area contributed by atoms with E-state index in [0.717, 1.165) is 24.2 Å². The molecule has 1 aliphatic carbocycles. The summed E-state index contributed by atoms with van der Waals surface area (Å²) < 4.78 is 0. The molecule has 4 bridgehead atoms. The van der Waals surface area contributed by atoms with E-state index in [0.29, 0.717) is 0 Å². The summed E-state index contributed by atoms with van der Waals surface area (Å²) in [6.45, 7) is 0. The molecule has 0 radical (unpaired) electrons. The highest BCUT2D eigenvalue weighted by Gasteiger charge is 2.07. The Bertz CT molecular complexity index is 432. The number of nitrogens with zero attached hydrogens (tertiary/aromatic N) is 2. The van der Waals surface area contributed by atoms with Gasteiger partial charge in [0.05, 0.1) is 11.4 Å². The number of pyridine rings is 2. The Labute approximate surface area is 82.7 Å². The van der Waals surface area contributed by atoms with Crippen LogP contribution in [0.25, 0.3) is 11.4 Å². The van der Waals surface area contributed by atoms with Crippen LogP contribution < -0.4 is 0 Å². The van der Waals surface area contributed by atoms with E-state index in [9.17, 15) is 0 Å². The largest absolute Gasteiger partial charge is 0.255 e. The van der Waals surface area contributed by atoms with Gasteiger partial charge in [-0.25, -0.2) is 0 Å². The van der Waals surface area contributed by atoms with E-state index in [4.69, 9.17) is 0 Å². The topological polar surface area (TPSA) is 25.8 Å². The fraction of sp³-hybridized carbons (Fsp3) is 0.167. The van der Waals surface area contributed by atoms with Crippen LogP contribution in [0.15, 0.2) is 36.7 Å². The van der Waals surface area contributed by atoms with E-state index in [2.05, 4.69) is 34.2 Å². The molecule has 2 heteroatoms. The average molecular weight is 182 g/mol. The Kier molecular flexibility index (Phi) is 1.60. The van der Waals surface area contributed by atoms with E-state index in [1.807, 2.05) is 12.4 Å². The molecule has 0 aromatic carbocycles. The van der Waals surface area contributed by atoms with Crippen LogP contribution in [-0.2, 0) is 12.8 Å². The lowest BCUT2D eigenvalue weighted by atomic mass is 10.0. The molecule has 2 heterocycles. The van der Waals surface area contributed by atoms with Crippen molar-refractivity contribution >= 4 is 0 Å². The Morgan fingerprint density at radius 3 is 1.79 bits per heavy atom. The number of aromatic nitrogens is 2. The molecule has 0 N–H and O–H groups in total. The summed E-state index contributed by atoms with van der Waals surface area (Å²) in [4.78, 5) is 8.64. The number of rotatable bonds is 0. The highest BCUT2D eigenvalue weighted by atomic mass is 14.8.